The molecule has 0 aromatic heterocycles. The third kappa shape index (κ3) is 3.75. The zero-order chi connectivity index (χ0) is 15.6. The van der Waals surface area contributed by atoms with Gasteiger partial charge >= 0.3 is 6.18 Å². The Morgan fingerprint density at radius 1 is 1.10 bits per heavy atom. The number of nitrogens with two attached hydrogens (primary N) is 1. The van der Waals surface area contributed by atoms with Gasteiger partial charge in [-0.15, -0.1) is 0 Å². The van der Waals surface area contributed by atoms with Gasteiger partial charge in [-0.1, -0.05) is 0 Å². The van der Waals surface area contributed by atoms with Crippen LogP contribution in [0.25, 0.3) is 0 Å². The number of carbonyl (C=O) groups is 1. The maximum atomic E-state index is 12.4. The van der Waals surface area contributed by atoms with E-state index >= 15 is 0 Å². The number of benzene rings is 2. The zero-order valence-electron chi connectivity index (χ0n) is 10.5. The second-order valence-corrected chi connectivity index (χ2v) is 5.12. The van der Waals surface area contributed by atoms with Gasteiger partial charge in [-0.05, 0) is 58.4 Å². The number of rotatable bonds is 2. The van der Waals surface area contributed by atoms with Crippen LogP contribution in [0.3, 0.4) is 0 Å². The molecule has 0 fully saturated rings. The van der Waals surface area contributed by atoms with Crippen molar-refractivity contribution in [3.05, 3.63) is 58.1 Å². The van der Waals surface area contributed by atoms with Crippen LogP contribution in [0.15, 0.2) is 46.9 Å². The van der Waals surface area contributed by atoms with Crippen molar-refractivity contribution in [1.82, 2.24) is 0 Å². The summed E-state index contributed by atoms with van der Waals surface area (Å²) in [4.78, 5) is 11.9. The van der Waals surface area contributed by atoms with Gasteiger partial charge in [-0.3, -0.25) is 4.79 Å². The van der Waals surface area contributed by atoms with Gasteiger partial charge in [0.05, 0.1) is 5.56 Å². The lowest BCUT2D eigenvalue weighted by atomic mass is 10.1. The van der Waals surface area contributed by atoms with Crippen molar-refractivity contribution in [1.29, 1.82) is 0 Å². The van der Waals surface area contributed by atoms with E-state index in [-0.39, 0.29) is 5.56 Å². The number of nitrogens with one attached hydrogen (secondary N) is 1. The number of hydrogen-bond donors (Lipinski definition) is 2. The Morgan fingerprint density at radius 3 is 2.24 bits per heavy atom. The van der Waals surface area contributed by atoms with Crippen molar-refractivity contribution in [2.75, 3.05) is 11.1 Å². The Labute approximate surface area is 127 Å². The first-order chi connectivity index (χ1) is 9.77. The summed E-state index contributed by atoms with van der Waals surface area (Å²) in [5, 5.41) is 2.56. The van der Waals surface area contributed by atoms with Gasteiger partial charge < -0.3 is 11.1 Å². The highest BCUT2D eigenvalue weighted by Gasteiger charge is 2.30. The van der Waals surface area contributed by atoms with Crippen molar-refractivity contribution in [2.45, 2.75) is 6.18 Å². The van der Waals surface area contributed by atoms with Crippen molar-refractivity contribution < 1.29 is 18.0 Å². The van der Waals surface area contributed by atoms with Gasteiger partial charge in [0.15, 0.2) is 0 Å². The molecule has 0 atom stereocenters. The van der Waals surface area contributed by atoms with Crippen LogP contribution in [0, 0.1) is 0 Å². The van der Waals surface area contributed by atoms with Crippen molar-refractivity contribution >= 4 is 33.2 Å². The third-order valence-corrected chi connectivity index (χ3v) is 3.45. The van der Waals surface area contributed by atoms with E-state index in [9.17, 15) is 18.0 Å². The van der Waals surface area contributed by atoms with Gasteiger partial charge in [0.1, 0.15) is 0 Å². The normalized spacial score (nSPS) is 11.2. The summed E-state index contributed by atoms with van der Waals surface area (Å²) in [6.45, 7) is 0. The van der Waals surface area contributed by atoms with Gasteiger partial charge in [-0.2, -0.15) is 13.2 Å². The van der Waals surface area contributed by atoms with Crippen LogP contribution < -0.4 is 11.1 Å². The fourth-order valence-corrected chi connectivity index (χ4v) is 1.88. The summed E-state index contributed by atoms with van der Waals surface area (Å²) < 4.78 is 38.0. The minimum absolute atomic E-state index is 0.129. The molecule has 3 N–H and O–H groups in total. The largest absolute Gasteiger partial charge is 0.416 e. The lowest BCUT2D eigenvalue weighted by molar-refractivity contribution is -0.137. The molecule has 0 saturated heterocycles. The number of hydrogen-bond acceptors (Lipinski definition) is 2. The van der Waals surface area contributed by atoms with Crippen LogP contribution in [0.4, 0.5) is 24.5 Å². The Bertz CT molecular complexity index is 669. The molecule has 0 aliphatic rings. The highest BCUT2D eigenvalue weighted by molar-refractivity contribution is 9.10. The van der Waals surface area contributed by atoms with Gasteiger partial charge in [0.25, 0.3) is 5.91 Å². The minimum atomic E-state index is -4.42. The fourth-order valence-electron chi connectivity index (χ4n) is 1.64. The average Bonchev–Trinajstić information content (AvgIpc) is 2.42. The first-order valence-corrected chi connectivity index (χ1v) is 6.60. The number of alkyl halides is 3. The molecule has 21 heavy (non-hydrogen) atoms. The van der Waals surface area contributed by atoms with Crippen LogP contribution in [-0.2, 0) is 6.18 Å². The molecule has 2 aromatic carbocycles. The topological polar surface area (TPSA) is 55.1 Å². The van der Waals surface area contributed by atoms with E-state index in [2.05, 4.69) is 21.2 Å². The molecule has 0 saturated carbocycles. The van der Waals surface area contributed by atoms with E-state index in [1.807, 2.05) is 0 Å². The predicted molar refractivity (Wildman–Crippen MR) is 78.0 cm³/mol. The molecule has 0 radical (unpaired) electrons. The first-order valence-electron chi connectivity index (χ1n) is 5.81. The molecule has 2 rings (SSSR count). The summed E-state index contributed by atoms with van der Waals surface area (Å²) in [6.07, 6.45) is -4.42. The molecule has 0 aliphatic heterocycles. The summed E-state index contributed by atoms with van der Waals surface area (Å²) >= 11 is 3.22. The molecule has 0 heterocycles. The number of halogens is 4. The van der Waals surface area contributed by atoms with Crippen LogP contribution >= 0.6 is 15.9 Å². The van der Waals surface area contributed by atoms with E-state index in [0.717, 1.165) is 24.3 Å². The van der Waals surface area contributed by atoms with Crippen molar-refractivity contribution in [2.24, 2.45) is 0 Å². The highest BCUT2D eigenvalue weighted by Crippen LogP contribution is 2.29. The summed E-state index contributed by atoms with van der Waals surface area (Å²) in [5.74, 6) is -0.509. The monoisotopic (exact) mass is 358 g/mol. The molecular formula is C14H10BrF3N2O. The molecule has 0 unspecified atom stereocenters. The van der Waals surface area contributed by atoms with Crippen LogP contribution in [0.1, 0.15) is 15.9 Å². The van der Waals surface area contributed by atoms with Crippen molar-refractivity contribution in [3.8, 4) is 0 Å². The van der Waals surface area contributed by atoms with Crippen LogP contribution in [-0.4, -0.2) is 5.91 Å². The average molecular weight is 359 g/mol. The Balaban J connectivity index is 2.15. The second-order valence-electron chi connectivity index (χ2n) is 4.27. The van der Waals surface area contributed by atoms with E-state index < -0.39 is 17.6 Å². The zero-order valence-corrected chi connectivity index (χ0v) is 12.1. The Kier molecular flexibility index (Phi) is 4.22. The van der Waals surface area contributed by atoms with Gasteiger partial charge in [-0.25, -0.2) is 0 Å². The number of carbonyl (C=O) groups excluding carboxylic acids is 1. The van der Waals surface area contributed by atoms with E-state index in [1.165, 1.54) is 0 Å². The van der Waals surface area contributed by atoms with E-state index in [4.69, 9.17) is 5.73 Å². The lowest BCUT2D eigenvalue weighted by Crippen LogP contribution is -2.13. The van der Waals surface area contributed by atoms with Gasteiger partial charge in [0, 0.05) is 21.4 Å². The molecule has 110 valence electrons. The van der Waals surface area contributed by atoms with E-state index in [1.54, 1.807) is 18.2 Å². The third-order valence-electron chi connectivity index (χ3n) is 2.73. The summed E-state index contributed by atoms with van der Waals surface area (Å²) in [6, 6.07) is 8.82. The minimum Gasteiger partial charge on any atom is -0.398 e. The molecule has 1 amide bonds. The second kappa shape index (κ2) is 5.77. The lowest BCUT2D eigenvalue weighted by Gasteiger charge is -2.09. The van der Waals surface area contributed by atoms with Gasteiger partial charge in [0.2, 0.25) is 0 Å². The fraction of sp³-hybridized carbons (Fsp3) is 0.0714. The maximum absolute atomic E-state index is 12.4. The molecule has 2 aromatic rings. The van der Waals surface area contributed by atoms with Crippen molar-refractivity contribution in [3.63, 3.8) is 0 Å². The Morgan fingerprint density at radius 2 is 1.71 bits per heavy atom. The number of amides is 1. The molecular weight excluding hydrogens is 349 g/mol. The predicted octanol–water partition coefficient (Wildman–Crippen LogP) is 4.30. The standard InChI is InChI=1S/C14H10BrF3N2O/c15-11-6-5-10(7-12(11)19)20-13(21)8-1-3-9(4-2-8)14(16,17)18/h1-7H,19H2,(H,20,21). The molecule has 0 spiro atoms. The summed E-state index contributed by atoms with van der Waals surface area (Å²) in [5.41, 5.74) is 5.91. The maximum Gasteiger partial charge on any atom is 0.416 e. The summed E-state index contributed by atoms with van der Waals surface area (Å²) in [7, 11) is 0. The highest BCUT2D eigenvalue weighted by atomic mass is 79.9. The SMILES string of the molecule is Nc1cc(NC(=O)c2ccc(C(F)(F)F)cc2)ccc1Br. The van der Waals surface area contributed by atoms with E-state index in [0.29, 0.717) is 15.8 Å². The van der Waals surface area contributed by atoms with Crippen LogP contribution in [0.5, 0.6) is 0 Å². The molecule has 3 nitrogen and oxygen atoms in total. The number of nitrogen functional groups attached to an aromatic ring is 1. The molecule has 7 heteroatoms. The quantitative estimate of drug-likeness (QED) is 0.786. The smallest absolute Gasteiger partial charge is 0.398 e. The number of anilines is 2. The molecule has 0 bridgehead atoms. The molecule has 0 aliphatic carbocycles. The van der Waals surface area contributed by atoms with Crippen LogP contribution in [0.2, 0.25) is 0 Å². The Hall–Kier alpha value is -2.02. The first kappa shape index (κ1) is 15.4.